The summed E-state index contributed by atoms with van der Waals surface area (Å²) in [6.07, 6.45) is 0.715. The molecule has 2 aromatic heterocycles. The number of aromatic amines is 1. The predicted molar refractivity (Wildman–Crippen MR) is 70.2 cm³/mol. The molecule has 0 fully saturated rings. The molecule has 94 valence electrons. The maximum absolute atomic E-state index is 11.6. The normalized spacial score (nSPS) is 10.3. The van der Waals surface area contributed by atoms with E-state index in [1.165, 1.54) is 23.5 Å². The lowest BCUT2D eigenvalue weighted by Gasteiger charge is -2.02. The molecule has 0 radical (unpaired) electrons. The Hall–Kier alpha value is -1.66. The van der Waals surface area contributed by atoms with Gasteiger partial charge in [-0.25, -0.2) is 5.10 Å². The lowest BCUT2D eigenvalue weighted by Crippen LogP contribution is -2.27. The Bertz CT molecular complexity index is 588. The smallest absolute Gasteiger partial charge is 0.271 e. The molecule has 2 rings (SSSR count). The van der Waals surface area contributed by atoms with Crippen LogP contribution in [0.1, 0.15) is 15.4 Å². The predicted octanol–water partition coefficient (Wildman–Crippen LogP) is 1.46. The maximum atomic E-state index is 11.6. The summed E-state index contributed by atoms with van der Waals surface area (Å²) in [6.45, 7) is 0.497. The van der Waals surface area contributed by atoms with Crippen molar-refractivity contribution in [2.24, 2.45) is 0 Å². The summed E-state index contributed by atoms with van der Waals surface area (Å²) >= 11 is 7.29. The highest BCUT2D eigenvalue weighted by molar-refractivity contribution is 7.16. The molecule has 0 aromatic carbocycles. The molecule has 2 heterocycles. The summed E-state index contributed by atoms with van der Waals surface area (Å²) in [5.41, 5.74) is -0.140. The number of thiophene rings is 1. The number of hydrogen-bond acceptors (Lipinski definition) is 4. The first-order valence-electron chi connectivity index (χ1n) is 5.23. The van der Waals surface area contributed by atoms with Crippen LogP contribution in [-0.4, -0.2) is 22.6 Å². The van der Waals surface area contributed by atoms with E-state index in [0.29, 0.717) is 13.0 Å². The third kappa shape index (κ3) is 3.41. The summed E-state index contributed by atoms with van der Waals surface area (Å²) in [6, 6.07) is 6.40. The molecule has 0 aliphatic heterocycles. The fourth-order valence-electron chi connectivity index (χ4n) is 1.35. The summed E-state index contributed by atoms with van der Waals surface area (Å²) in [5.74, 6) is -0.311. The van der Waals surface area contributed by atoms with Crippen molar-refractivity contribution >= 4 is 28.8 Å². The van der Waals surface area contributed by atoms with Crippen molar-refractivity contribution in [2.75, 3.05) is 6.54 Å². The molecule has 0 saturated heterocycles. The van der Waals surface area contributed by atoms with Crippen LogP contribution in [0.3, 0.4) is 0 Å². The van der Waals surface area contributed by atoms with E-state index in [9.17, 15) is 9.59 Å². The van der Waals surface area contributed by atoms with E-state index < -0.39 is 0 Å². The highest BCUT2D eigenvalue weighted by atomic mass is 35.5. The molecule has 2 aromatic rings. The highest BCUT2D eigenvalue weighted by Crippen LogP contribution is 2.21. The summed E-state index contributed by atoms with van der Waals surface area (Å²) in [4.78, 5) is 23.5. The van der Waals surface area contributed by atoms with Gasteiger partial charge in [-0.3, -0.25) is 9.59 Å². The molecule has 5 nitrogen and oxygen atoms in total. The Morgan fingerprint density at radius 2 is 2.22 bits per heavy atom. The summed E-state index contributed by atoms with van der Waals surface area (Å²) in [5, 5.41) is 8.57. The molecule has 0 unspecified atom stereocenters. The maximum Gasteiger partial charge on any atom is 0.271 e. The van der Waals surface area contributed by atoms with Crippen LogP contribution in [0.4, 0.5) is 0 Å². The number of carbonyl (C=O) groups excluding carboxylic acids is 1. The molecular weight excluding hydrogens is 274 g/mol. The van der Waals surface area contributed by atoms with Crippen molar-refractivity contribution in [3.8, 4) is 0 Å². The van der Waals surface area contributed by atoms with Crippen LogP contribution in [0.15, 0.2) is 29.1 Å². The monoisotopic (exact) mass is 283 g/mol. The number of aromatic nitrogens is 2. The Kier molecular flexibility index (Phi) is 4.11. The second kappa shape index (κ2) is 5.79. The van der Waals surface area contributed by atoms with Gasteiger partial charge in [0.05, 0.1) is 4.34 Å². The number of nitrogens with one attached hydrogen (secondary N) is 2. The topological polar surface area (TPSA) is 74.8 Å². The van der Waals surface area contributed by atoms with Gasteiger partial charge in [0.1, 0.15) is 5.69 Å². The van der Waals surface area contributed by atoms with Crippen LogP contribution < -0.4 is 10.9 Å². The van der Waals surface area contributed by atoms with Gasteiger partial charge in [0.15, 0.2) is 0 Å². The molecule has 0 spiro atoms. The van der Waals surface area contributed by atoms with Gasteiger partial charge < -0.3 is 5.32 Å². The largest absolute Gasteiger partial charge is 0.350 e. The average Bonchev–Trinajstić information content (AvgIpc) is 2.76. The van der Waals surface area contributed by atoms with Crippen molar-refractivity contribution in [1.29, 1.82) is 0 Å². The minimum Gasteiger partial charge on any atom is -0.350 e. The van der Waals surface area contributed by atoms with Crippen LogP contribution in [0.2, 0.25) is 4.34 Å². The van der Waals surface area contributed by atoms with Gasteiger partial charge in [-0.2, -0.15) is 5.10 Å². The van der Waals surface area contributed by atoms with Crippen LogP contribution in [0.25, 0.3) is 0 Å². The second-order valence-electron chi connectivity index (χ2n) is 3.52. The molecular formula is C11H10ClN3O2S. The van der Waals surface area contributed by atoms with Crippen LogP contribution in [0.5, 0.6) is 0 Å². The number of halogens is 1. The first kappa shape index (κ1) is 12.8. The highest BCUT2D eigenvalue weighted by Gasteiger charge is 2.06. The van der Waals surface area contributed by atoms with Gasteiger partial charge in [0.2, 0.25) is 0 Å². The molecule has 0 bridgehead atoms. The zero-order valence-electron chi connectivity index (χ0n) is 9.27. The van der Waals surface area contributed by atoms with Crippen LogP contribution in [0, 0.1) is 0 Å². The van der Waals surface area contributed by atoms with Crippen molar-refractivity contribution in [3.05, 3.63) is 49.5 Å². The van der Waals surface area contributed by atoms with Crippen LogP contribution >= 0.6 is 22.9 Å². The number of H-pyrrole nitrogens is 1. The van der Waals surface area contributed by atoms with E-state index in [1.54, 1.807) is 0 Å². The number of nitrogens with zero attached hydrogens (tertiary/aromatic N) is 1. The Morgan fingerprint density at radius 1 is 1.39 bits per heavy atom. The number of amides is 1. The van der Waals surface area contributed by atoms with Gasteiger partial charge in [-0.1, -0.05) is 11.6 Å². The standard InChI is InChI=1S/C11H10ClN3O2S/c12-9-3-1-7(18-9)5-6-13-11(17)8-2-4-10(16)15-14-8/h1-4H,5-6H2,(H,13,17)(H,15,16). The first-order valence-corrected chi connectivity index (χ1v) is 6.43. The molecule has 18 heavy (non-hydrogen) atoms. The Balaban J connectivity index is 1.85. The van der Waals surface area contributed by atoms with E-state index in [-0.39, 0.29) is 17.2 Å². The number of carbonyl (C=O) groups is 1. The summed E-state index contributed by atoms with van der Waals surface area (Å²) < 4.78 is 0.735. The van der Waals surface area contributed by atoms with Crippen molar-refractivity contribution < 1.29 is 4.79 Å². The zero-order valence-corrected chi connectivity index (χ0v) is 10.8. The van der Waals surface area contributed by atoms with Crippen LogP contribution in [-0.2, 0) is 6.42 Å². The number of hydrogen-bond donors (Lipinski definition) is 2. The van der Waals surface area contributed by atoms with Gasteiger partial charge in [-0.15, -0.1) is 11.3 Å². The lowest BCUT2D eigenvalue weighted by atomic mass is 10.3. The van der Waals surface area contributed by atoms with E-state index in [0.717, 1.165) is 9.21 Å². The summed E-state index contributed by atoms with van der Waals surface area (Å²) in [7, 11) is 0. The van der Waals surface area contributed by atoms with E-state index in [1.807, 2.05) is 12.1 Å². The molecule has 2 N–H and O–H groups in total. The molecule has 0 aliphatic carbocycles. The second-order valence-corrected chi connectivity index (χ2v) is 5.32. The third-order valence-corrected chi connectivity index (χ3v) is 3.49. The quantitative estimate of drug-likeness (QED) is 0.892. The zero-order chi connectivity index (χ0) is 13.0. The third-order valence-electron chi connectivity index (χ3n) is 2.20. The van der Waals surface area contributed by atoms with Crippen molar-refractivity contribution in [2.45, 2.75) is 6.42 Å². The van der Waals surface area contributed by atoms with E-state index in [2.05, 4.69) is 15.5 Å². The SMILES string of the molecule is O=C(NCCc1ccc(Cl)s1)c1ccc(=O)[nH]n1. The average molecular weight is 284 g/mol. The number of rotatable bonds is 4. The first-order chi connectivity index (χ1) is 8.65. The van der Waals surface area contributed by atoms with Gasteiger partial charge >= 0.3 is 0 Å². The fraction of sp³-hybridized carbons (Fsp3) is 0.182. The molecule has 0 atom stereocenters. The van der Waals surface area contributed by atoms with Crippen molar-refractivity contribution in [3.63, 3.8) is 0 Å². The van der Waals surface area contributed by atoms with Crippen molar-refractivity contribution in [1.82, 2.24) is 15.5 Å². The molecule has 7 heteroatoms. The van der Waals surface area contributed by atoms with Gasteiger partial charge in [0, 0.05) is 17.5 Å². The molecule has 1 amide bonds. The Morgan fingerprint density at radius 3 is 2.83 bits per heavy atom. The van der Waals surface area contributed by atoms with Gasteiger partial charge in [-0.05, 0) is 24.6 Å². The molecule has 0 aliphatic rings. The minimum atomic E-state index is -0.334. The van der Waals surface area contributed by atoms with E-state index in [4.69, 9.17) is 11.6 Å². The fourth-order valence-corrected chi connectivity index (χ4v) is 2.43. The van der Waals surface area contributed by atoms with Gasteiger partial charge in [0.25, 0.3) is 11.5 Å². The minimum absolute atomic E-state index is 0.193. The molecule has 0 saturated carbocycles. The Labute approximate surface area is 112 Å². The van der Waals surface area contributed by atoms with E-state index >= 15 is 0 Å². The lowest BCUT2D eigenvalue weighted by molar-refractivity contribution is 0.0948.